The van der Waals surface area contributed by atoms with Crippen LogP contribution in [-0.4, -0.2) is 52.8 Å². The molecule has 1 unspecified atom stereocenters. The highest BCUT2D eigenvalue weighted by Gasteiger charge is 2.17. The lowest BCUT2D eigenvalue weighted by atomic mass is 10.2. The number of carbonyl (C=O) groups is 2. The second-order valence-corrected chi connectivity index (χ2v) is 4.93. The van der Waals surface area contributed by atoms with E-state index >= 15 is 0 Å². The molecule has 1 amide bonds. The Hall–Kier alpha value is -2.08. The maximum Gasteiger partial charge on any atom is 0.305 e. The van der Waals surface area contributed by atoms with Crippen molar-refractivity contribution >= 4 is 11.9 Å². The molecule has 116 valence electrons. The van der Waals surface area contributed by atoms with Crippen molar-refractivity contribution in [3.8, 4) is 5.75 Å². The van der Waals surface area contributed by atoms with Gasteiger partial charge in [0.25, 0.3) is 5.91 Å². The molecule has 0 aliphatic heterocycles. The lowest BCUT2D eigenvalue weighted by molar-refractivity contribution is -0.139. The molecule has 2 N–H and O–H groups in total. The van der Waals surface area contributed by atoms with Crippen molar-refractivity contribution in [2.75, 3.05) is 19.7 Å². The number of carboxylic acid groups (broad SMARTS) is 1. The molecule has 1 aromatic carbocycles. The average molecular weight is 295 g/mol. The number of amides is 1. The van der Waals surface area contributed by atoms with Gasteiger partial charge in [-0.15, -0.1) is 0 Å². The number of nitrogens with zero attached hydrogens (tertiary/aromatic N) is 1. The molecule has 6 nitrogen and oxygen atoms in total. The molecule has 0 aliphatic carbocycles. The third-order valence-corrected chi connectivity index (χ3v) is 2.82. The summed E-state index contributed by atoms with van der Waals surface area (Å²) < 4.78 is 5.37. The van der Waals surface area contributed by atoms with Gasteiger partial charge in [-0.2, -0.15) is 0 Å². The smallest absolute Gasteiger partial charge is 0.305 e. The molecule has 21 heavy (non-hydrogen) atoms. The zero-order valence-electron chi connectivity index (χ0n) is 12.3. The van der Waals surface area contributed by atoms with Gasteiger partial charge >= 0.3 is 5.97 Å². The van der Waals surface area contributed by atoms with E-state index in [1.54, 1.807) is 19.1 Å². The van der Waals surface area contributed by atoms with Crippen molar-refractivity contribution in [3.05, 3.63) is 29.8 Å². The summed E-state index contributed by atoms with van der Waals surface area (Å²) in [4.78, 5) is 23.9. The van der Waals surface area contributed by atoms with Gasteiger partial charge < -0.3 is 19.8 Å². The molecule has 0 fully saturated rings. The van der Waals surface area contributed by atoms with Crippen LogP contribution >= 0.6 is 0 Å². The molecule has 0 spiro atoms. The predicted octanol–water partition coefficient (Wildman–Crippen LogP) is 1.06. The van der Waals surface area contributed by atoms with Crippen LogP contribution in [0, 0.1) is 6.92 Å². The van der Waals surface area contributed by atoms with Gasteiger partial charge in [-0.1, -0.05) is 17.7 Å². The van der Waals surface area contributed by atoms with Crippen LogP contribution in [0.15, 0.2) is 24.3 Å². The van der Waals surface area contributed by atoms with Gasteiger partial charge in [-0.3, -0.25) is 9.59 Å². The van der Waals surface area contributed by atoms with E-state index < -0.39 is 12.1 Å². The van der Waals surface area contributed by atoms with Gasteiger partial charge in [0.2, 0.25) is 0 Å². The fourth-order valence-corrected chi connectivity index (χ4v) is 1.74. The van der Waals surface area contributed by atoms with Crippen LogP contribution in [-0.2, 0) is 9.59 Å². The van der Waals surface area contributed by atoms with E-state index in [-0.39, 0.29) is 32.0 Å². The first-order valence-electron chi connectivity index (χ1n) is 6.75. The zero-order chi connectivity index (χ0) is 15.8. The van der Waals surface area contributed by atoms with Gasteiger partial charge in [-0.05, 0) is 26.0 Å². The standard InChI is InChI=1S/C15H21NO5/c1-11-3-5-13(6-4-11)21-10-14(18)16(9-12(2)17)8-7-15(19)20/h3-6,12,17H,7-10H2,1-2H3,(H,19,20). The summed E-state index contributed by atoms with van der Waals surface area (Å²) in [7, 11) is 0. The zero-order valence-corrected chi connectivity index (χ0v) is 12.3. The Bertz CT molecular complexity index is 469. The second kappa shape index (κ2) is 8.26. The SMILES string of the molecule is Cc1ccc(OCC(=O)N(CCC(=O)O)CC(C)O)cc1. The molecule has 0 radical (unpaired) electrons. The average Bonchev–Trinajstić information content (AvgIpc) is 2.42. The number of hydrogen-bond acceptors (Lipinski definition) is 4. The fraction of sp³-hybridized carbons (Fsp3) is 0.467. The number of aliphatic hydroxyl groups is 1. The van der Waals surface area contributed by atoms with Crippen molar-refractivity contribution in [3.63, 3.8) is 0 Å². The van der Waals surface area contributed by atoms with Gasteiger partial charge in [0.15, 0.2) is 6.61 Å². The Morgan fingerprint density at radius 1 is 1.29 bits per heavy atom. The minimum atomic E-state index is -0.988. The number of aliphatic hydroxyl groups excluding tert-OH is 1. The number of rotatable bonds is 8. The maximum absolute atomic E-state index is 12.0. The molecule has 1 rings (SSSR count). The molecule has 0 aromatic heterocycles. The first kappa shape index (κ1) is 17.0. The third kappa shape index (κ3) is 6.76. The molecule has 1 aromatic rings. The largest absolute Gasteiger partial charge is 0.484 e. The summed E-state index contributed by atoms with van der Waals surface area (Å²) in [6, 6.07) is 7.27. The van der Waals surface area contributed by atoms with Crippen molar-refractivity contribution in [2.24, 2.45) is 0 Å². The molecule has 0 saturated heterocycles. The summed E-state index contributed by atoms with van der Waals surface area (Å²) in [5.74, 6) is -0.764. The van der Waals surface area contributed by atoms with E-state index in [0.717, 1.165) is 5.56 Å². The van der Waals surface area contributed by atoms with Gasteiger partial charge in [0.05, 0.1) is 12.5 Å². The Morgan fingerprint density at radius 2 is 1.90 bits per heavy atom. The summed E-state index contributed by atoms with van der Waals surface area (Å²) in [5, 5.41) is 18.1. The van der Waals surface area contributed by atoms with Crippen LogP contribution in [0.3, 0.4) is 0 Å². The molecular formula is C15H21NO5. The van der Waals surface area contributed by atoms with Crippen LogP contribution in [0.25, 0.3) is 0 Å². The Labute approximate surface area is 124 Å². The van der Waals surface area contributed by atoms with Crippen molar-refractivity contribution in [2.45, 2.75) is 26.4 Å². The topological polar surface area (TPSA) is 87.1 Å². The quantitative estimate of drug-likeness (QED) is 0.749. The Balaban J connectivity index is 2.54. The van der Waals surface area contributed by atoms with E-state index in [1.807, 2.05) is 19.1 Å². The monoisotopic (exact) mass is 295 g/mol. The molecule has 0 aliphatic rings. The number of benzene rings is 1. The van der Waals surface area contributed by atoms with E-state index in [1.165, 1.54) is 4.90 Å². The highest BCUT2D eigenvalue weighted by Crippen LogP contribution is 2.11. The van der Waals surface area contributed by atoms with E-state index in [2.05, 4.69) is 0 Å². The highest BCUT2D eigenvalue weighted by atomic mass is 16.5. The fourth-order valence-electron chi connectivity index (χ4n) is 1.74. The molecule has 0 saturated carbocycles. The van der Waals surface area contributed by atoms with Crippen LogP contribution in [0.4, 0.5) is 0 Å². The van der Waals surface area contributed by atoms with Gasteiger partial charge in [0, 0.05) is 13.1 Å². The number of aliphatic carboxylic acids is 1. The van der Waals surface area contributed by atoms with Crippen LogP contribution in [0.5, 0.6) is 5.75 Å². The van der Waals surface area contributed by atoms with Crippen LogP contribution < -0.4 is 4.74 Å². The van der Waals surface area contributed by atoms with Crippen molar-refractivity contribution in [1.82, 2.24) is 4.90 Å². The summed E-state index contributed by atoms with van der Waals surface area (Å²) in [5.41, 5.74) is 1.09. The van der Waals surface area contributed by atoms with Crippen LogP contribution in [0.1, 0.15) is 18.9 Å². The summed E-state index contributed by atoms with van der Waals surface area (Å²) in [6.07, 6.45) is -0.884. The number of hydrogen-bond donors (Lipinski definition) is 2. The van der Waals surface area contributed by atoms with E-state index in [9.17, 15) is 14.7 Å². The molecule has 0 bridgehead atoms. The number of aryl methyl sites for hydroxylation is 1. The van der Waals surface area contributed by atoms with Crippen LogP contribution in [0.2, 0.25) is 0 Å². The van der Waals surface area contributed by atoms with E-state index in [4.69, 9.17) is 9.84 Å². The van der Waals surface area contributed by atoms with Gasteiger partial charge in [-0.25, -0.2) is 0 Å². The normalized spacial score (nSPS) is 11.8. The number of carboxylic acids is 1. The Kier molecular flexibility index (Phi) is 6.68. The summed E-state index contributed by atoms with van der Waals surface area (Å²) >= 11 is 0. The minimum Gasteiger partial charge on any atom is -0.484 e. The molecular weight excluding hydrogens is 274 g/mol. The van der Waals surface area contributed by atoms with Crippen molar-refractivity contribution in [1.29, 1.82) is 0 Å². The first-order chi connectivity index (χ1) is 9.88. The number of ether oxygens (including phenoxy) is 1. The minimum absolute atomic E-state index is 0.0519. The predicted molar refractivity (Wildman–Crippen MR) is 77.2 cm³/mol. The Morgan fingerprint density at radius 3 is 2.43 bits per heavy atom. The lowest BCUT2D eigenvalue weighted by Gasteiger charge is -2.23. The summed E-state index contributed by atoms with van der Waals surface area (Å²) in [6.45, 7) is 3.45. The molecule has 1 atom stereocenters. The molecule has 0 heterocycles. The van der Waals surface area contributed by atoms with Crippen molar-refractivity contribution < 1.29 is 24.5 Å². The number of carbonyl (C=O) groups excluding carboxylic acids is 1. The third-order valence-electron chi connectivity index (χ3n) is 2.82. The van der Waals surface area contributed by atoms with Gasteiger partial charge in [0.1, 0.15) is 5.75 Å². The van der Waals surface area contributed by atoms with E-state index in [0.29, 0.717) is 5.75 Å². The molecule has 6 heteroatoms. The highest BCUT2D eigenvalue weighted by molar-refractivity contribution is 5.78. The first-order valence-corrected chi connectivity index (χ1v) is 6.75. The lowest BCUT2D eigenvalue weighted by Crippen LogP contribution is -2.40. The maximum atomic E-state index is 12.0. The second-order valence-electron chi connectivity index (χ2n) is 4.93.